The number of aromatic nitrogens is 2. The Morgan fingerprint density at radius 2 is 1.95 bits per heavy atom. The first kappa shape index (κ1) is 16.1. The molecule has 2 amide bonds. The van der Waals surface area contributed by atoms with E-state index >= 15 is 0 Å². The van der Waals surface area contributed by atoms with Crippen LogP contribution in [-0.2, 0) is 6.54 Å². The number of hydrogen-bond acceptors (Lipinski definition) is 2. The average molecular weight is 300 g/mol. The van der Waals surface area contributed by atoms with Gasteiger partial charge in [0.25, 0.3) is 0 Å². The summed E-state index contributed by atoms with van der Waals surface area (Å²) >= 11 is 0. The number of carbonyl (C=O) groups is 1. The molecule has 0 radical (unpaired) electrons. The third-order valence-corrected chi connectivity index (χ3v) is 3.10. The number of rotatable bonds is 5. The van der Waals surface area contributed by atoms with Gasteiger partial charge in [0.05, 0.1) is 0 Å². The van der Waals surface area contributed by atoms with Gasteiger partial charge in [0.1, 0.15) is 5.82 Å². The predicted molar refractivity (Wildman–Crippen MR) is 88.6 cm³/mol. The minimum Gasteiger partial charge on any atom is -0.338 e. The van der Waals surface area contributed by atoms with Crippen LogP contribution < -0.4 is 10.6 Å². The van der Waals surface area contributed by atoms with Crippen LogP contribution in [0, 0.1) is 0 Å². The molecule has 5 nitrogen and oxygen atoms in total. The first-order chi connectivity index (χ1) is 10.5. The second-order valence-corrected chi connectivity index (χ2v) is 6.29. The average Bonchev–Trinajstić information content (AvgIpc) is 2.91. The van der Waals surface area contributed by atoms with Crippen molar-refractivity contribution in [1.82, 2.24) is 20.2 Å². The van der Waals surface area contributed by atoms with Crippen LogP contribution in [0.1, 0.15) is 27.2 Å². The lowest BCUT2D eigenvalue weighted by Gasteiger charge is -2.20. The quantitative estimate of drug-likeness (QED) is 0.834. The van der Waals surface area contributed by atoms with Crippen molar-refractivity contribution in [3.05, 3.63) is 42.7 Å². The number of carbonyl (C=O) groups excluding carboxylic acids is 1. The first-order valence-corrected chi connectivity index (χ1v) is 7.58. The van der Waals surface area contributed by atoms with Gasteiger partial charge >= 0.3 is 6.03 Å². The highest BCUT2D eigenvalue weighted by molar-refractivity contribution is 5.74. The smallest absolute Gasteiger partial charge is 0.315 e. The number of nitrogens with zero attached hydrogens (tertiary/aromatic N) is 2. The third kappa shape index (κ3) is 4.91. The lowest BCUT2D eigenvalue weighted by molar-refractivity contribution is 0.231. The monoisotopic (exact) mass is 300 g/mol. The van der Waals surface area contributed by atoms with Crippen LogP contribution in [0.4, 0.5) is 4.79 Å². The van der Waals surface area contributed by atoms with Crippen molar-refractivity contribution in [3.8, 4) is 11.4 Å². The normalized spacial score (nSPS) is 11.2. The van der Waals surface area contributed by atoms with Gasteiger partial charge in [-0.05, 0) is 27.2 Å². The van der Waals surface area contributed by atoms with Crippen LogP contribution in [0.25, 0.3) is 11.4 Å². The Kier molecular flexibility index (Phi) is 5.20. The number of nitrogens with one attached hydrogen (secondary N) is 2. The van der Waals surface area contributed by atoms with Crippen molar-refractivity contribution in [1.29, 1.82) is 0 Å². The maximum absolute atomic E-state index is 11.7. The molecule has 22 heavy (non-hydrogen) atoms. The van der Waals surface area contributed by atoms with Crippen molar-refractivity contribution in [2.75, 3.05) is 6.54 Å². The molecule has 2 aromatic rings. The van der Waals surface area contributed by atoms with Crippen molar-refractivity contribution in [2.45, 2.75) is 39.3 Å². The van der Waals surface area contributed by atoms with Gasteiger partial charge in [0, 0.05) is 36.6 Å². The third-order valence-electron chi connectivity index (χ3n) is 3.10. The van der Waals surface area contributed by atoms with Gasteiger partial charge in [0.15, 0.2) is 0 Å². The molecule has 118 valence electrons. The molecule has 0 spiro atoms. The fourth-order valence-electron chi connectivity index (χ4n) is 2.17. The zero-order valence-electron chi connectivity index (χ0n) is 13.5. The highest BCUT2D eigenvalue weighted by Gasteiger charge is 2.12. The first-order valence-electron chi connectivity index (χ1n) is 7.58. The molecule has 0 unspecified atom stereocenters. The SMILES string of the molecule is CC(C)(C)NC(=O)NCCCn1ccnc1-c1ccccc1. The summed E-state index contributed by atoms with van der Waals surface area (Å²) in [6, 6.07) is 9.98. The summed E-state index contributed by atoms with van der Waals surface area (Å²) in [6.45, 7) is 7.34. The largest absolute Gasteiger partial charge is 0.338 e. The van der Waals surface area contributed by atoms with E-state index in [4.69, 9.17) is 0 Å². The van der Waals surface area contributed by atoms with E-state index < -0.39 is 0 Å². The van der Waals surface area contributed by atoms with Crippen LogP contribution in [-0.4, -0.2) is 27.7 Å². The fraction of sp³-hybridized carbons (Fsp3) is 0.412. The van der Waals surface area contributed by atoms with Gasteiger partial charge in [-0.15, -0.1) is 0 Å². The van der Waals surface area contributed by atoms with Gasteiger partial charge < -0.3 is 15.2 Å². The molecule has 5 heteroatoms. The van der Waals surface area contributed by atoms with E-state index in [1.165, 1.54) is 0 Å². The zero-order chi connectivity index (χ0) is 16.0. The van der Waals surface area contributed by atoms with E-state index in [9.17, 15) is 4.79 Å². The van der Waals surface area contributed by atoms with Gasteiger partial charge in [-0.3, -0.25) is 0 Å². The second-order valence-electron chi connectivity index (χ2n) is 6.29. The van der Waals surface area contributed by atoms with Crippen molar-refractivity contribution in [2.24, 2.45) is 0 Å². The van der Waals surface area contributed by atoms with Crippen LogP contribution in [0.15, 0.2) is 42.7 Å². The lowest BCUT2D eigenvalue weighted by atomic mass is 10.1. The van der Waals surface area contributed by atoms with E-state index in [2.05, 4.69) is 20.2 Å². The summed E-state index contributed by atoms with van der Waals surface area (Å²) in [7, 11) is 0. The highest BCUT2D eigenvalue weighted by atomic mass is 16.2. The number of hydrogen-bond donors (Lipinski definition) is 2. The number of imidazole rings is 1. The zero-order valence-corrected chi connectivity index (χ0v) is 13.5. The van der Waals surface area contributed by atoms with Crippen molar-refractivity contribution >= 4 is 6.03 Å². The Morgan fingerprint density at radius 1 is 1.23 bits per heavy atom. The number of benzene rings is 1. The van der Waals surface area contributed by atoms with E-state index in [0.29, 0.717) is 6.54 Å². The molecule has 0 atom stereocenters. The molecule has 0 fully saturated rings. The number of amides is 2. The summed E-state index contributed by atoms with van der Waals surface area (Å²) in [5.74, 6) is 0.958. The molecule has 0 saturated heterocycles. The van der Waals surface area contributed by atoms with Crippen molar-refractivity contribution < 1.29 is 4.79 Å². The van der Waals surface area contributed by atoms with E-state index in [-0.39, 0.29) is 11.6 Å². The van der Waals surface area contributed by atoms with Gasteiger partial charge in [-0.1, -0.05) is 30.3 Å². The van der Waals surface area contributed by atoms with Gasteiger partial charge in [-0.2, -0.15) is 0 Å². The lowest BCUT2D eigenvalue weighted by Crippen LogP contribution is -2.46. The molecule has 0 aliphatic rings. The standard InChI is InChI=1S/C17H24N4O/c1-17(2,3)20-16(22)19-10-7-12-21-13-11-18-15(21)14-8-5-4-6-9-14/h4-6,8-9,11,13H,7,10,12H2,1-3H3,(H2,19,20,22). The summed E-state index contributed by atoms with van der Waals surface area (Å²) in [6.07, 6.45) is 4.63. The Morgan fingerprint density at radius 3 is 2.64 bits per heavy atom. The summed E-state index contributed by atoms with van der Waals surface area (Å²) in [4.78, 5) is 16.1. The number of urea groups is 1. The molecular formula is C17H24N4O. The minimum absolute atomic E-state index is 0.124. The summed E-state index contributed by atoms with van der Waals surface area (Å²) < 4.78 is 2.11. The molecule has 1 heterocycles. The minimum atomic E-state index is -0.213. The highest BCUT2D eigenvalue weighted by Crippen LogP contribution is 2.16. The Bertz CT molecular complexity index is 599. The van der Waals surface area contributed by atoms with Crippen LogP contribution in [0.2, 0.25) is 0 Å². The Labute approximate surface area is 131 Å². The van der Waals surface area contributed by atoms with Gasteiger partial charge in [0.2, 0.25) is 0 Å². The molecule has 0 saturated carbocycles. The fourth-order valence-corrected chi connectivity index (χ4v) is 2.17. The molecule has 2 N–H and O–H groups in total. The molecule has 2 rings (SSSR count). The maximum atomic E-state index is 11.7. The van der Waals surface area contributed by atoms with Crippen molar-refractivity contribution in [3.63, 3.8) is 0 Å². The molecule has 0 bridgehead atoms. The predicted octanol–water partition coefficient (Wildman–Crippen LogP) is 3.04. The Hall–Kier alpha value is -2.30. The molecule has 1 aromatic heterocycles. The van der Waals surface area contributed by atoms with Crippen LogP contribution >= 0.6 is 0 Å². The van der Waals surface area contributed by atoms with Gasteiger partial charge in [-0.25, -0.2) is 9.78 Å². The Balaban J connectivity index is 1.82. The van der Waals surface area contributed by atoms with E-state index in [1.54, 1.807) is 0 Å². The summed E-state index contributed by atoms with van der Waals surface area (Å²) in [5.41, 5.74) is 0.889. The second kappa shape index (κ2) is 7.11. The van der Waals surface area contributed by atoms with Crippen LogP contribution in [0.3, 0.4) is 0 Å². The topological polar surface area (TPSA) is 59.0 Å². The molecule has 0 aliphatic carbocycles. The molecule has 0 aliphatic heterocycles. The van der Waals surface area contributed by atoms with E-state index in [1.807, 2.05) is 63.5 Å². The molecule has 1 aromatic carbocycles. The molecular weight excluding hydrogens is 276 g/mol. The maximum Gasteiger partial charge on any atom is 0.315 e. The van der Waals surface area contributed by atoms with Crippen LogP contribution in [0.5, 0.6) is 0 Å². The number of aryl methyl sites for hydroxylation is 1. The van der Waals surface area contributed by atoms with E-state index in [0.717, 1.165) is 24.4 Å². The summed E-state index contributed by atoms with van der Waals surface area (Å²) in [5, 5.41) is 5.76.